The number of H-pyrrole nitrogens is 1. The molecule has 0 spiro atoms. The van der Waals surface area contributed by atoms with Crippen LogP contribution in [0.2, 0.25) is 0 Å². The summed E-state index contributed by atoms with van der Waals surface area (Å²) in [6.45, 7) is 0.467. The Morgan fingerprint density at radius 3 is 2.54 bits per heavy atom. The quantitative estimate of drug-likeness (QED) is 0.879. The molecule has 0 bridgehead atoms. The van der Waals surface area contributed by atoms with E-state index in [-0.39, 0.29) is 23.7 Å². The zero-order chi connectivity index (χ0) is 16.7. The van der Waals surface area contributed by atoms with Gasteiger partial charge < -0.3 is 9.72 Å². The average molecular weight is 326 g/mol. The van der Waals surface area contributed by atoms with Crippen molar-refractivity contribution in [2.75, 3.05) is 13.7 Å². The lowest BCUT2D eigenvalue weighted by Crippen LogP contribution is -2.33. The van der Waals surface area contributed by atoms with Crippen molar-refractivity contribution in [3.05, 3.63) is 30.0 Å². The fourth-order valence-corrected chi connectivity index (χ4v) is 4.17. The fraction of sp³-hybridized carbons (Fsp3) is 0.474. The maximum Gasteiger partial charge on any atom is 0.233 e. The molecule has 2 heterocycles. The number of hydrogen-bond donors (Lipinski definition) is 1. The van der Waals surface area contributed by atoms with Crippen LogP contribution in [0.4, 0.5) is 0 Å². The van der Waals surface area contributed by atoms with Crippen molar-refractivity contribution in [3.63, 3.8) is 0 Å². The lowest BCUT2D eigenvalue weighted by atomic mass is 9.81. The van der Waals surface area contributed by atoms with E-state index >= 15 is 0 Å². The number of carbonyl (C=O) groups excluding carboxylic acids is 2. The minimum absolute atomic E-state index is 0.0436. The van der Waals surface area contributed by atoms with Crippen molar-refractivity contribution in [2.45, 2.75) is 32.1 Å². The second kappa shape index (κ2) is 5.96. The van der Waals surface area contributed by atoms with Crippen molar-refractivity contribution in [1.29, 1.82) is 0 Å². The van der Waals surface area contributed by atoms with E-state index in [2.05, 4.69) is 4.98 Å². The number of fused-ring (bicyclic) bond motifs is 2. The molecule has 5 heteroatoms. The predicted octanol–water partition coefficient (Wildman–Crippen LogP) is 2.89. The lowest BCUT2D eigenvalue weighted by Gasteiger charge is -2.19. The average Bonchev–Trinajstić information content (AvgIpc) is 3.13. The predicted molar refractivity (Wildman–Crippen MR) is 90.7 cm³/mol. The molecule has 4 rings (SSSR count). The Labute approximate surface area is 141 Å². The van der Waals surface area contributed by atoms with Crippen LogP contribution in [0.3, 0.4) is 0 Å². The summed E-state index contributed by atoms with van der Waals surface area (Å²) in [7, 11) is 1.65. The summed E-state index contributed by atoms with van der Waals surface area (Å²) in [4.78, 5) is 29.8. The molecule has 2 fully saturated rings. The largest absolute Gasteiger partial charge is 0.497 e. The van der Waals surface area contributed by atoms with Gasteiger partial charge in [-0.25, -0.2) is 0 Å². The molecule has 5 nitrogen and oxygen atoms in total. The van der Waals surface area contributed by atoms with Crippen LogP contribution in [0.15, 0.2) is 24.4 Å². The molecule has 1 aromatic heterocycles. The van der Waals surface area contributed by atoms with Crippen LogP contribution in [0.25, 0.3) is 10.9 Å². The van der Waals surface area contributed by atoms with Crippen molar-refractivity contribution in [1.82, 2.24) is 9.88 Å². The molecule has 1 N–H and O–H groups in total. The minimum Gasteiger partial charge on any atom is -0.497 e. The molecular formula is C19H22N2O3. The summed E-state index contributed by atoms with van der Waals surface area (Å²) in [5.74, 6) is 0.774. The highest BCUT2D eigenvalue weighted by Gasteiger charge is 2.47. The molecule has 1 saturated heterocycles. The molecule has 1 aliphatic heterocycles. The van der Waals surface area contributed by atoms with Crippen molar-refractivity contribution in [2.24, 2.45) is 11.8 Å². The van der Waals surface area contributed by atoms with Crippen LogP contribution >= 0.6 is 0 Å². The number of aromatic amines is 1. The van der Waals surface area contributed by atoms with E-state index in [9.17, 15) is 9.59 Å². The van der Waals surface area contributed by atoms with Gasteiger partial charge >= 0.3 is 0 Å². The molecule has 2 atom stereocenters. The van der Waals surface area contributed by atoms with E-state index in [0.29, 0.717) is 13.0 Å². The maximum absolute atomic E-state index is 12.6. The van der Waals surface area contributed by atoms with Gasteiger partial charge in [-0.2, -0.15) is 0 Å². The Balaban J connectivity index is 1.52. The first-order chi connectivity index (χ1) is 11.7. The summed E-state index contributed by atoms with van der Waals surface area (Å²) < 4.78 is 5.29. The van der Waals surface area contributed by atoms with Gasteiger partial charge in [0.05, 0.1) is 18.9 Å². The summed E-state index contributed by atoms with van der Waals surface area (Å²) in [5.41, 5.74) is 2.15. The number of imide groups is 1. The Morgan fingerprint density at radius 2 is 1.88 bits per heavy atom. The van der Waals surface area contributed by atoms with Gasteiger partial charge in [-0.05, 0) is 43.0 Å². The van der Waals surface area contributed by atoms with Gasteiger partial charge in [-0.3, -0.25) is 14.5 Å². The minimum atomic E-state index is -0.0608. The van der Waals surface area contributed by atoms with Crippen LogP contribution in [0.1, 0.15) is 31.2 Å². The van der Waals surface area contributed by atoms with Crippen LogP contribution in [-0.4, -0.2) is 35.4 Å². The van der Waals surface area contributed by atoms with Crippen LogP contribution in [0.5, 0.6) is 5.75 Å². The smallest absolute Gasteiger partial charge is 0.233 e. The van der Waals surface area contributed by atoms with Gasteiger partial charge in [0.1, 0.15) is 5.75 Å². The van der Waals surface area contributed by atoms with Gasteiger partial charge in [0.15, 0.2) is 0 Å². The number of aromatic nitrogens is 1. The molecular weight excluding hydrogens is 304 g/mol. The topological polar surface area (TPSA) is 62.4 Å². The number of hydrogen-bond acceptors (Lipinski definition) is 3. The SMILES string of the molecule is COc1ccc2[nH]cc(CCN3C(=O)C4CCCCC4C3=O)c2c1. The first kappa shape index (κ1) is 15.2. The van der Waals surface area contributed by atoms with Crippen molar-refractivity contribution < 1.29 is 14.3 Å². The first-order valence-electron chi connectivity index (χ1n) is 8.68. The number of ether oxygens (including phenoxy) is 1. The van der Waals surface area contributed by atoms with Gasteiger partial charge in [-0.1, -0.05) is 12.8 Å². The Hall–Kier alpha value is -2.30. The van der Waals surface area contributed by atoms with Crippen LogP contribution < -0.4 is 4.74 Å². The van der Waals surface area contributed by atoms with Crippen molar-refractivity contribution in [3.8, 4) is 5.75 Å². The molecule has 2 amide bonds. The number of methoxy groups -OCH3 is 1. The number of benzene rings is 1. The van der Waals surface area contributed by atoms with E-state index in [1.54, 1.807) is 7.11 Å². The zero-order valence-electron chi connectivity index (χ0n) is 13.9. The number of nitrogens with zero attached hydrogens (tertiary/aromatic N) is 1. The standard InChI is InChI=1S/C19H22N2O3/c1-24-13-6-7-17-16(10-13)12(11-20-17)8-9-21-18(22)14-4-2-3-5-15(14)19(21)23/h6-7,10-11,14-15,20H,2-5,8-9H2,1H3. The number of likely N-dealkylation sites (tertiary alicyclic amines) is 1. The van der Waals surface area contributed by atoms with Gasteiger partial charge in [0, 0.05) is 23.6 Å². The van der Waals surface area contributed by atoms with Gasteiger partial charge in [0.25, 0.3) is 0 Å². The summed E-state index contributed by atoms with van der Waals surface area (Å²) in [6.07, 6.45) is 6.50. The summed E-state index contributed by atoms with van der Waals surface area (Å²) in [6, 6.07) is 5.90. The second-order valence-corrected chi connectivity index (χ2v) is 6.80. The first-order valence-corrected chi connectivity index (χ1v) is 8.68. The molecule has 2 aliphatic rings. The number of rotatable bonds is 4. The monoisotopic (exact) mass is 326 g/mol. The molecule has 24 heavy (non-hydrogen) atoms. The van der Waals surface area contributed by atoms with E-state index in [1.807, 2.05) is 24.4 Å². The maximum atomic E-state index is 12.6. The highest BCUT2D eigenvalue weighted by Crippen LogP contribution is 2.38. The van der Waals surface area contributed by atoms with E-state index in [1.165, 1.54) is 4.90 Å². The van der Waals surface area contributed by atoms with Gasteiger partial charge in [0.2, 0.25) is 11.8 Å². The Bertz CT molecular complexity index is 771. The van der Waals surface area contributed by atoms with Crippen LogP contribution in [0, 0.1) is 11.8 Å². The van der Waals surface area contributed by atoms with E-state index < -0.39 is 0 Å². The molecule has 1 aliphatic carbocycles. The Kier molecular flexibility index (Phi) is 3.79. The second-order valence-electron chi connectivity index (χ2n) is 6.80. The molecule has 0 radical (unpaired) electrons. The van der Waals surface area contributed by atoms with Gasteiger partial charge in [-0.15, -0.1) is 0 Å². The molecule has 1 saturated carbocycles. The van der Waals surface area contributed by atoms with E-state index in [4.69, 9.17) is 4.74 Å². The number of amides is 2. The third-order valence-corrected chi connectivity index (χ3v) is 5.51. The normalized spacial score (nSPS) is 23.8. The third-order valence-electron chi connectivity index (χ3n) is 5.51. The Morgan fingerprint density at radius 1 is 1.17 bits per heavy atom. The highest BCUT2D eigenvalue weighted by molar-refractivity contribution is 6.05. The fourth-order valence-electron chi connectivity index (χ4n) is 4.17. The van der Waals surface area contributed by atoms with Crippen LogP contribution in [-0.2, 0) is 16.0 Å². The number of nitrogens with one attached hydrogen (secondary N) is 1. The highest BCUT2D eigenvalue weighted by atomic mass is 16.5. The molecule has 2 unspecified atom stereocenters. The number of carbonyl (C=O) groups is 2. The van der Waals surface area contributed by atoms with E-state index in [0.717, 1.165) is 47.9 Å². The zero-order valence-corrected chi connectivity index (χ0v) is 13.9. The third kappa shape index (κ3) is 2.39. The molecule has 126 valence electrons. The molecule has 1 aromatic carbocycles. The van der Waals surface area contributed by atoms with Crippen molar-refractivity contribution >= 4 is 22.7 Å². The summed E-state index contributed by atoms with van der Waals surface area (Å²) in [5, 5.41) is 1.09. The molecule has 2 aromatic rings. The summed E-state index contributed by atoms with van der Waals surface area (Å²) >= 11 is 0. The lowest BCUT2D eigenvalue weighted by molar-refractivity contribution is -0.139.